The Morgan fingerprint density at radius 1 is 1.31 bits per heavy atom. The summed E-state index contributed by atoms with van der Waals surface area (Å²) in [5.74, 6) is 0.0416. The van der Waals surface area contributed by atoms with Crippen LogP contribution in [-0.4, -0.2) is 26.3 Å². The number of hydrogen-bond donors (Lipinski definition) is 2. The molecule has 5 heteroatoms. The fourth-order valence-electron chi connectivity index (χ4n) is 1.45. The largest absolute Gasteiger partial charge is 0.508 e. The minimum absolute atomic E-state index is 0.0416. The van der Waals surface area contributed by atoms with Crippen molar-refractivity contribution in [1.82, 2.24) is 0 Å². The first-order valence-electron chi connectivity index (χ1n) is 5.17. The summed E-state index contributed by atoms with van der Waals surface area (Å²) in [6.07, 6.45) is 3.62. The van der Waals surface area contributed by atoms with Gasteiger partial charge in [-0.1, -0.05) is 6.07 Å². The molecule has 0 atom stereocenters. The first-order chi connectivity index (χ1) is 7.45. The van der Waals surface area contributed by atoms with Gasteiger partial charge in [0.05, 0.1) is 4.90 Å². The molecule has 0 aromatic heterocycles. The molecule has 0 fully saturated rings. The molecular weight excluding hydrogens is 226 g/mol. The van der Waals surface area contributed by atoms with Crippen molar-refractivity contribution in [3.63, 3.8) is 0 Å². The number of sulfone groups is 1. The summed E-state index contributed by atoms with van der Waals surface area (Å²) in [7, 11) is -3.25. The molecule has 90 valence electrons. The normalized spacial score (nSPS) is 11.6. The SMILES string of the molecule is CS(=O)(=O)c1ccc(CCCCN)c(O)c1. The minimum atomic E-state index is -3.25. The summed E-state index contributed by atoms with van der Waals surface area (Å²) < 4.78 is 22.5. The molecule has 1 aromatic carbocycles. The van der Waals surface area contributed by atoms with Gasteiger partial charge in [0.15, 0.2) is 9.84 Å². The average molecular weight is 243 g/mol. The van der Waals surface area contributed by atoms with E-state index in [0.29, 0.717) is 13.0 Å². The third-order valence-corrected chi connectivity index (χ3v) is 3.50. The third kappa shape index (κ3) is 3.50. The van der Waals surface area contributed by atoms with Crippen LogP contribution in [0.25, 0.3) is 0 Å². The number of unbranched alkanes of at least 4 members (excludes halogenated alkanes) is 1. The van der Waals surface area contributed by atoms with E-state index < -0.39 is 9.84 Å². The van der Waals surface area contributed by atoms with Gasteiger partial charge in [-0.05, 0) is 43.5 Å². The molecule has 1 rings (SSSR count). The van der Waals surface area contributed by atoms with Crippen molar-refractivity contribution in [1.29, 1.82) is 0 Å². The van der Waals surface area contributed by atoms with Crippen molar-refractivity contribution in [3.8, 4) is 5.75 Å². The molecule has 0 saturated heterocycles. The second-order valence-corrected chi connectivity index (χ2v) is 5.82. The van der Waals surface area contributed by atoms with Crippen LogP contribution in [0.2, 0.25) is 0 Å². The van der Waals surface area contributed by atoms with Crippen LogP contribution >= 0.6 is 0 Å². The van der Waals surface area contributed by atoms with Gasteiger partial charge in [-0.25, -0.2) is 8.42 Å². The van der Waals surface area contributed by atoms with E-state index in [1.54, 1.807) is 6.07 Å². The van der Waals surface area contributed by atoms with E-state index in [4.69, 9.17) is 5.73 Å². The number of hydrogen-bond acceptors (Lipinski definition) is 4. The van der Waals surface area contributed by atoms with Crippen molar-refractivity contribution in [3.05, 3.63) is 23.8 Å². The predicted octanol–water partition coefficient (Wildman–Crippen LogP) is 1.08. The Hall–Kier alpha value is -1.07. The molecule has 3 N–H and O–H groups in total. The maximum atomic E-state index is 11.2. The lowest BCUT2D eigenvalue weighted by atomic mass is 10.1. The first-order valence-corrected chi connectivity index (χ1v) is 7.06. The molecule has 0 unspecified atom stereocenters. The van der Waals surface area contributed by atoms with E-state index in [0.717, 1.165) is 24.7 Å². The number of aromatic hydroxyl groups is 1. The Balaban J connectivity index is 2.84. The highest BCUT2D eigenvalue weighted by Crippen LogP contribution is 2.23. The smallest absolute Gasteiger partial charge is 0.175 e. The maximum absolute atomic E-state index is 11.2. The molecule has 0 aliphatic rings. The number of phenolic OH excluding ortho intramolecular Hbond substituents is 1. The van der Waals surface area contributed by atoms with Crippen molar-refractivity contribution >= 4 is 9.84 Å². The van der Waals surface area contributed by atoms with Crippen LogP contribution in [0.15, 0.2) is 23.1 Å². The second kappa shape index (κ2) is 5.32. The molecule has 0 aliphatic heterocycles. The van der Waals surface area contributed by atoms with Crippen molar-refractivity contribution < 1.29 is 13.5 Å². The van der Waals surface area contributed by atoms with Gasteiger partial charge in [0.1, 0.15) is 5.75 Å². The van der Waals surface area contributed by atoms with Gasteiger partial charge in [0.2, 0.25) is 0 Å². The molecule has 0 bridgehead atoms. The van der Waals surface area contributed by atoms with Gasteiger partial charge < -0.3 is 10.8 Å². The maximum Gasteiger partial charge on any atom is 0.175 e. The topological polar surface area (TPSA) is 80.4 Å². The molecule has 0 radical (unpaired) electrons. The summed E-state index contributed by atoms with van der Waals surface area (Å²) in [5, 5.41) is 9.66. The zero-order valence-electron chi connectivity index (χ0n) is 9.31. The van der Waals surface area contributed by atoms with Gasteiger partial charge >= 0.3 is 0 Å². The van der Waals surface area contributed by atoms with Gasteiger partial charge in [-0.15, -0.1) is 0 Å². The zero-order valence-corrected chi connectivity index (χ0v) is 10.1. The number of aryl methyl sites for hydroxylation is 1. The van der Waals surface area contributed by atoms with Crippen molar-refractivity contribution in [2.75, 3.05) is 12.8 Å². The molecule has 0 saturated carbocycles. The van der Waals surface area contributed by atoms with E-state index in [1.807, 2.05) is 0 Å². The number of nitrogens with two attached hydrogens (primary N) is 1. The minimum Gasteiger partial charge on any atom is -0.508 e. The van der Waals surface area contributed by atoms with Gasteiger partial charge in [-0.2, -0.15) is 0 Å². The van der Waals surface area contributed by atoms with E-state index in [2.05, 4.69) is 0 Å². The van der Waals surface area contributed by atoms with E-state index >= 15 is 0 Å². The molecule has 0 spiro atoms. The van der Waals surface area contributed by atoms with Gasteiger partial charge in [0, 0.05) is 6.26 Å². The van der Waals surface area contributed by atoms with Crippen LogP contribution in [-0.2, 0) is 16.3 Å². The highest BCUT2D eigenvalue weighted by Gasteiger charge is 2.10. The van der Waals surface area contributed by atoms with Crippen LogP contribution in [0, 0.1) is 0 Å². The molecule has 1 aromatic rings. The molecule has 0 heterocycles. The zero-order chi connectivity index (χ0) is 12.2. The second-order valence-electron chi connectivity index (χ2n) is 3.81. The molecule has 0 aliphatic carbocycles. The lowest BCUT2D eigenvalue weighted by molar-refractivity contribution is 0.464. The lowest BCUT2D eigenvalue weighted by Gasteiger charge is -2.06. The quantitative estimate of drug-likeness (QED) is 0.758. The number of benzene rings is 1. The van der Waals surface area contributed by atoms with Crippen LogP contribution in [0.4, 0.5) is 0 Å². The Labute approximate surface area is 96.0 Å². The standard InChI is InChI=1S/C11H17NO3S/c1-16(14,15)10-6-5-9(11(13)8-10)4-2-3-7-12/h5-6,8,13H,2-4,7,12H2,1H3. The highest BCUT2D eigenvalue weighted by atomic mass is 32.2. The number of phenols is 1. The Kier molecular flexibility index (Phi) is 4.32. The van der Waals surface area contributed by atoms with E-state index in [1.165, 1.54) is 12.1 Å². The summed E-state index contributed by atoms with van der Waals surface area (Å²) in [4.78, 5) is 0.146. The van der Waals surface area contributed by atoms with Gasteiger partial charge in [0.25, 0.3) is 0 Å². The molecular formula is C11H17NO3S. The van der Waals surface area contributed by atoms with E-state index in [-0.39, 0.29) is 10.6 Å². The number of rotatable bonds is 5. The molecule has 4 nitrogen and oxygen atoms in total. The highest BCUT2D eigenvalue weighted by molar-refractivity contribution is 7.90. The lowest BCUT2D eigenvalue weighted by Crippen LogP contribution is -2.00. The molecule has 0 amide bonds. The first kappa shape index (κ1) is 13.0. The van der Waals surface area contributed by atoms with E-state index in [9.17, 15) is 13.5 Å². The van der Waals surface area contributed by atoms with Crippen molar-refractivity contribution in [2.45, 2.75) is 24.2 Å². The third-order valence-electron chi connectivity index (χ3n) is 2.39. The predicted molar refractivity (Wildman–Crippen MR) is 63.2 cm³/mol. The molecule has 16 heavy (non-hydrogen) atoms. The summed E-state index contributed by atoms with van der Waals surface area (Å²) in [6.45, 7) is 0.627. The summed E-state index contributed by atoms with van der Waals surface area (Å²) in [5.41, 5.74) is 6.13. The monoisotopic (exact) mass is 243 g/mol. The van der Waals surface area contributed by atoms with Crippen LogP contribution in [0.1, 0.15) is 18.4 Å². The van der Waals surface area contributed by atoms with Crippen LogP contribution < -0.4 is 5.73 Å². The van der Waals surface area contributed by atoms with Crippen molar-refractivity contribution in [2.24, 2.45) is 5.73 Å². The summed E-state index contributed by atoms with van der Waals surface area (Å²) >= 11 is 0. The fraction of sp³-hybridized carbons (Fsp3) is 0.455. The fourth-order valence-corrected chi connectivity index (χ4v) is 2.09. The Bertz CT molecular complexity index is 454. The average Bonchev–Trinajstić information content (AvgIpc) is 2.19. The van der Waals surface area contributed by atoms with Gasteiger partial charge in [-0.3, -0.25) is 0 Å². The summed E-state index contributed by atoms with van der Waals surface area (Å²) in [6, 6.07) is 4.47. The Morgan fingerprint density at radius 2 is 2.00 bits per heavy atom. The Morgan fingerprint density at radius 3 is 2.50 bits per heavy atom. The van der Waals surface area contributed by atoms with Crippen LogP contribution in [0.3, 0.4) is 0 Å². The van der Waals surface area contributed by atoms with Crippen LogP contribution in [0.5, 0.6) is 5.75 Å².